The minimum Gasteiger partial charge on any atom is -0.489 e. The average Bonchev–Trinajstić information content (AvgIpc) is 3.04. The molecule has 1 aromatic heterocycles. The van der Waals surface area contributed by atoms with Gasteiger partial charge in [-0.2, -0.15) is 15.4 Å². The Kier molecular flexibility index (Phi) is 4.69. The maximum absolute atomic E-state index is 11.4. The number of ether oxygens (including phenoxy) is 1. The first-order valence-electron chi connectivity index (χ1n) is 6.92. The summed E-state index contributed by atoms with van der Waals surface area (Å²) in [6.45, 7) is 0.279. The van der Waals surface area contributed by atoms with Crippen molar-refractivity contribution in [1.29, 1.82) is 0 Å². The summed E-state index contributed by atoms with van der Waals surface area (Å²) in [6.07, 6.45) is 0. The fourth-order valence-electron chi connectivity index (χ4n) is 2.14. The zero-order valence-electron chi connectivity index (χ0n) is 12.3. The van der Waals surface area contributed by atoms with Crippen LogP contribution in [0.2, 0.25) is 10.0 Å². The van der Waals surface area contributed by atoms with E-state index in [1.54, 1.807) is 42.5 Å². The molecular weight excluding hydrogens is 351 g/mol. The van der Waals surface area contributed by atoms with Crippen LogP contribution in [-0.4, -0.2) is 21.3 Å². The number of halogens is 2. The Hall–Kier alpha value is -2.57. The van der Waals surface area contributed by atoms with Gasteiger partial charge in [0.1, 0.15) is 18.1 Å². The summed E-state index contributed by atoms with van der Waals surface area (Å²) in [4.78, 5) is 11.4. The molecule has 0 aliphatic heterocycles. The third-order valence-corrected chi connectivity index (χ3v) is 3.89. The van der Waals surface area contributed by atoms with Crippen molar-refractivity contribution in [3.05, 3.63) is 63.8 Å². The summed E-state index contributed by atoms with van der Waals surface area (Å²) in [5, 5.41) is 11.2. The van der Waals surface area contributed by atoms with Crippen LogP contribution in [0.25, 0.3) is 11.3 Å². The highest BCUT2D eigenvalue weighted by Crippen LogP contribution is 2.26. The number of aromatic nitrogens is 3. The van der Waals surface area contributed by atoms with Crippen LogP contribution in [0.5, 0.6) is 5.75 Å². The van der Waals surface area contributed by atoms with Gasteiger partial charge in [0.15, 0.2) is 5.69 Å². The number of nitrogens with one attached hydrogen (secondary N) is 1. The van der Waals surface area contributed by atoms with Crippen LogP contribution >= 0.6 is 23.2 Å². The zero-order chi connectivity index (χ0) is 17.1. The molecule has 0 radical (unpaired) electrons. The van der Waals surface area contributed by atoms with Crippen LogP contribution in [0.15, 0.2) is 42.5 Å². The van der Waals surface area contributed by atoms with Crippen molar-refractivity contribution in [3.8, 4) is 17.0 Å². The first-order valence-corrected chi connectivity index (χ1v) is 7.68. The SMILES string of the molecule is NC(=O)c1n[nH]nc1-c1cccc(OCc2ccc(Cl)cc2Cl)c1. The van der Waals surface area contributed by atoms with E-state index in [0.29, 0.717) is 27.1 Å². The van der Waals surface area contributed by atoms with Crippen molar-refractivity contribution in [2.24, 2.45) is 5.73 Å². The van der Waals surface area contributed by atoms with Gasteiger partial charge >= 0.3 is 0 Å². The molecule has 0 aliphatic carbocycles. The number of carbonyl (C=O) groups is 1. The van der Waals surface area contributed by atoms with Crippen LogP contribution < -0.4 is 10.5 Å². The first-order chi connectivity index (χ1) is 11.5. The van der Waals surface area contributed by atoms with E-state index in [1.807, 2.05) is 0 Å². The van der Waals surface area contributed by atoms with Gasteiger partial charge in [-0.15, -0.1) is 0 Å². The molecule has 8 heteroatoms. The monoisotopic (exact) mass is 362 g/mol. The Morgan fingerprint density at radius 2 is 2.00 bits per heavy atom. The van der Waals surface area contributed by atoms with Gasteiger partial charge in [-0.1, -0.05) is 41.4 Å². The molecule has 6 nitrogen and oxygen atoms in total. The number of aromatic amines is 1. The minimum atomic E-state index is -0.655. The number of nitrogens with zero attached hydrogens (tertiary/aromatic N) is 2. The standard InChI is InChI=1S/C16H12Cl2N4O2/c17-11-5-4-10(13(18)7-11)8-24-12-3-1-2-9(6-12)14-15(16(19)23)21-22-20-14/h1-7H,8H2,(H2,19,23)(H,20,21,22). The Labute approximate surface area is 147 Å². The van der Waals surface area contributed by atoms with Gasteiger partial charge in [0, 0.05) is 21.2 Å². The molecule has 1 heterocycles. The van der Waals surface area contributed by atoms with Crippen molar-refractivity contribution >= 4 is 29.1 Å². The lowest BCUT2D eigenvalue weighted by atomic mass is 10.1. The maximum Gasteiger partial charge on any atom is 0.271 e. The molecule has 0 spiro atoms. The molecule has 0 saturated heterocycles. The highest BCUT2D eigenvalue weighted by atomic mass is 35.5. The second kappa shape index (κ2) is 6.90. The molecule has 0 aliphatic rings. The quantitative estimate of drug-likeness (QED) is 0.726. The molecule has 1 amide bonds. The third kappa shape index (κ3) is 3.50. The molecule has 3 aromatic rings. The average molecular weight is 363 g/mol. The molecule has 2 aromatic carbocycles. The predicted octanol–water partition coefficient (Wildman–Crippen LogP) is 3.46. The van der Waals surface area contributed by atoms with E-state index in [4.69, 9.17) is 33.7 Å². The van der Waals surface area contributed by atoms with E-state index in [1.165, 1.54) is 0 Å². The van der Waals surface area contributed by atoms with Gasteiger partial charge < -0.3 is 10.5 Å². The van der Waals surface area contributed by atoms with Crippen molar-refractivity contribution in [2.75, 3.05) is 0 Å². The molecule has 0 bridgehead atoms. The summed E-state index contributed by atoms with van der Waals surface area (Å²) in [5.74, 6) is -0.0602. The van der Waals surface area contributed by atoms with Crippen LogP contribution in [0.4, 0.5) is 0 Å². The fourth-order valence-corrected chi connectivity index (χ4v) is 2.60. The minimum absolute atomic E-state index is 0.0768. The van der Waals surface area contributed by atoms with Crippen molar-refractivity contribution in [2.45, 2.75) is 6.61 Å². The fraction of sp³-hybridized carbons (Fsp3) is 0.0625. The van der Waals surface area contributed by atoms with Gasteiger partial charge in [0.2, 0.25) is 0 Å². The smallest absolute Gasteiger partial charge is 0.271 e. The Balaban J connectivity index is 1.81. The molecule has 0 fully saturated rings. The lowest BCUT2D eigenvalue weighted by Gasteiger charge is -2.09. The Morgan fingerprint density at radius 3 is 2.75 bits per heavy atom. The molecule has 0 unspecified atom stereocenters. The van der Waals surface area contributed by atoms with Crippen molar-refractivity contribution in [3.63, 3.8) is 0 Å². The summed E-state index contributed by atoms with van der Waals surface area (Å²) in [7, 11) is 0. The molecule has 3 rings (SSSR count). The molecule has 122 valence electrons. The number of nitrogens with two attached hydrogens (primary N) is 1. The van der Waals surface area contributed by atoms with E-state index >= 15 is 0 Å². The Morgan fingerprint density at radius 1 is 1.17 bits per heavy atom. The number of carbonyl (C=O) groups excluding carboxylic acids is 1. The van der Waals surface area contributed by atoms with Crippen LogP contribution in [0.3, 0.4) is 0 Å². The predicted molar refractivity (Wildman–Crippen MR) is 91.1 cm³/mol. The topological polar surface area (TPSA) is 93.9 Å². The molecule has 0 atom stereocenters. The van der Waals surface area contributed by atoms with E-state index in [2.05, 4.69) is 15.4 Å². The van der Waals surface area contributed by atoms with Gasteiger partial charge in [-0.3, -0.25) is 4.79 Å². The zero-order valence-corrected chi connectivity index (χ0v) is 13.8. The number of H-pyrrole nitrogens is 1. The molecular formula is C16H12Cl2N4O2. The largest absolute Gasteiger partial charge is 0.489 e. The number of hydrogen-bond acceptors (Lipinski definition) is 4. The van der Waals surface area contributed by atoms with Crippen molar-refractivity contribution < 1.29 is 9.53 Å². The summed E-state index contributed by atoms with van der Waals surface area (Å²) >= 11 is 12.0. The van der Waals surface area contributed by atoms with Crippen molar-refractivity contribution in [1.82, 2.24) is 15.4 Å². The summed E-state index contributed by atoms with van der Waals surface area (Å²) in [5.41, 5.74) is 7.20. The maximum atomic E-state index is 11.4. The van der Waals surface area contributed by atoms with E-state index in [-0.39, 0.29) is 12.3 Å². The number of primary amides is 1. The highest BCUT2D eigenvalue weighted by molar-refractivity contribution is 6.35. The van der Waals surface area contributed by atoms with Gasteiger partial charge in [0.25, 0.3) is 5.91 Å². The lowest BCUT2D eigenvalue weighted by Crippen LogP contribution is -2.12. The van der Waals surface area contributed by atoms with Crippen LogP contribution in [0, 0.1) is 0 Å². The second-order valence-electron chi connectivity index (χ2n) is 4.94. The number of amides is 1. The molecule has 0 saturated carbocycles. The van der Waals surface area contributed by atoms with E-state index in [0.717, 1.165) is 5.56 Å². The van der Waals surface area contributed by atoms with Gasteiger partial charge in [-0.05, 0) is 24.3 Å². The molecule has 3 N–H and O–H groups in total. The second-order valence-corrected chi connectivity index (χ2v) is 5.78. The lowest BCUT2D eigenvalue weighted by molar-refractivity contribution is 0.0996. The normalized spacial score (nSPS) is 10.6. The summed E-state index contributed by atoms with van der Waals surface area (Å²) in [6, 6.07) is 12.3. The first kappa shape index (κ1) is 16.3. The number of hydrogen-bond donors (Lipinski definition) is 2. The number of benzene rings is 2. The molecule has 24 heavy (non-hydrogen) atoms. The van der Waals surface area contributed by atoms with Crippen LogP contribution in [0.1, 0.15) is 16.1 Å². The van der Waals surface area contributed by atoms with E-state index < -0.39 is 5.91 Å². The van der Waals surface area contributed by atoms with E-state index in [9.17, 15) is 4.79 Å². The van der Waals surface area contributed by atoms with Gasteiger partial charge in [-0.25, -0.2) is 0 Å². The summed E-state index contributed by atoms with van der Waals surface area (Å²) < 4.78 is 5.75. The number of rotatable bonds is 5. The third-order valence-electron chi connectivity index (χ3n) is 3.30. The Bertz CT molecular complexity index is 895. The highest BCUT2D eigenvalue weighted by Gasteiger charge is 2.15. The van der Waals surface area contributed by atoms with Crippen LogP contribution in [-0.2, 0) is 6.61 Å². The van der Waals surface area contributed by atoms with Gasteiger partial charge in [0.05, 0.1) is 0 Å².